The zero-order chi connectivity index (χ0) is 39.2. The van der Waals surface area contributed by atoms with Crippen LogP contribution >= 0.6 is 0 Å². The molecular formula is C37H49N11O6. The summed E-state index contributed by atoms with van der Waals surface area (Å²) in [7, 11) is 1.42. The van der Waals surface area contributed by atoms with Gasteiger partial charge in [0.25, 0.3) is 0 Å². The molecule has 0 unspecified atom stereocenters. The summed E-state index contributed by atoms with van der Waals surface area (Å²) in [6.45, 7) is -0.168. The third-order valence-corrected chi connectivity index (χ3v) is 8.99. The molecule has 5 amide bonds. The highest BCUT2D eigenvalue weighted by Crippen LogP contribution is 2.18. The molecular weight excluding hydrogens is 694 g/mol. The number of likely N-dealkylation sites (N-methyl/N-ethyl adjacent to an activating group) is 1. The van der Waals surface area contributed by atoms with Crippen molar-refractivity contribution in [3.05, 3.63) is 77.9 Å². The Morgan fingerprint density at radius 2 is 1.22 bits per heavy atom. The van der Waals surface area contributed by atoms with E-state index in [0.717, 1.165) is 16.3 Å². The summed E-state index contributed by atoms with van der Waals surface area (Å²) < 4.78 is 0. The molecule has 0 spiro atoms. The van der Waals surface area contributed by atoms with Gasteiger partial charge in [0.05, 0.1) is 6.54 Å². The van der Waals surface area contributed by atoms with E-state index in [9.17, 15) is 29.1 Å². The monoisotopic (exact) mass is 743 g/mol. The second-order valence-electron chi connectivity index (χ2n) is 13.1. The van der Waals surface area contributed by atoms with Crippen LogP contribution in [0.5, 0.6) is 5.75 Å². The van der Waals surface area contributed by atoms with Gasteiger partial charge in [0.2, 0.25) is 29.5 Å². The van der Waals surface area contributed by atoms with E-state index in [2.05, 4.69) is 31.3 Å². The third kappa shape index (κ3) is 12.1. The van der Waals surface area contributed by atoms with E-state index >= 15 is 0 Å². The second kappa shape index (κ2) is 19.4. The molecule has 0 aliphatic carbocycles. The van der Waals surface area contributed by atoms with Gasteiger partial charge in [-0.25, -0.2) is 0 Å². The number of phenols is 1. The van der Waals surface area contributed by atoms with Crippen LogP contribution in [0.3, 0.4) is 0 Å². The molecule has 1 heterocycles. The zero-order valence-electron chi connectivity index (χ0n) is 30.2. The van der Waals surface area contributed by atoms with Gasteiger partial charge in [-0.1, -0.05) is 54.6 Å². The number of amides is 5. The molecule has 288 valence electrons. The van der Waals surface area contributed by atoms with E-state index in [1.54, 1.807) is 12.1 Å². The summed E-state index contributed by atoms with van der Waals surface area (Å²) in [5, 5.41) is 22.7. The van der Waals surface area contributed by atoms with Gasteiger partial charge >= 0.3 is 0 Å². The molecule has 0 bridgehead atoms. The third-order valence-electron chi connectivity index (χ3n) is 8.99. The van der Waals surface area contributed by atoms with Crippen molar-refractivity contribution in [1.82, 2.24) is 26.2 Å². The van der Waals surface area contributed by atoms with Crippen molar-refractivity contribution in [3.8, 4) is 5.75 Å². The Bertz CT molecular complexity index is 1860. The van der Waals surface area contributed by atoms with Gasteiger partial charge in [-0.3, -0.25) is 34.0 Å². The molecule has 17 nitrogen and oxygen atoms in total. The van der Waals surface area contributed by atoms with Gasteiger partial charge in [-0.2, -0.15) is 0 Å². The van der Waals surface area contributed by atoms with Crippen LogP contribution < -0.4 is 44.2 Å². The van der Waals surface area contributed by atoms with Gasteiger partial charge in [-0.05, 0) is 59.7 Å². The maximum absolute atomic E-state index is 14.0. The number of carbonyl (C=O) groups excluding carboxylic acids is 5. The number of rotatable bonds is 12. The molecule has 17 heteroatoms. The molecule has 0 saturated carbocycles. The van der Waals surface area contributed by atoms with Crippen molar-refractivity contribution in [2.24, 2.45) is 32.9 Å². The first-order valence-electron chi connectivity index (χ1n) is 17.6. The number of nitrogens with one attached hydrogen (secondary N) is 4. The van der Waals surface area contributed by atoms with Crippen molar-refractivity contribution in [2.75, 3.05) is 26.7 Å². The number of fused-ring (bicyclic) bond motifs is 1. The molecule has 1 saturated heterocycles. The second-order valence-corrected chi connectivity index (χ2v) is 13.1. The Morgan fingerprint density at radius 3 is 1.81 bits per heavy atom. The van der Waals surface area contributed by atoms with Crippen LogP contribution in [0.25, 0.3) is 10.8 Å². The highest BCUT2D eigenvalue weighted by atomic mass is 16.3. The Morgan fingerprint density at radius 1 is 0.685 bits per heavy atom. The Labute approximate surface area is 313 Å². The number of carbonyl (C=O) groups is 5. The fourth-order valence-electron chi connectivity index (χ4n) is 6.01. The van der Waals surface area contributed by atoms with Gasteiger partial charge in [0, 0.05) is 33.0 Å². The zero-order valence-corrected chi connectivity index (χ0v) is 30.2. The number of hydrogen-bond acceptors (Lipinski definition) is 8. The van der Waals surface area contributed by atoms with Crippen LogP contribution in [-0.4, -0.2) is 102 Å². The SMILES string of the molecule is CN1C(=O)CNC(=O)[C@H](Cc2ccc3ccccc3c2)NC(=O)[C@H](CCCN=C(N)N)NC(=O)[C@@H](CCCN=C(N)N)NC(=O)[C@H]1Cc1ccc(O)cc1. The first-order chi connectivity index (χ1) is 25.8. The number of benzene rings is 3. The van der Waals surface area contributed by atoms with Crippen LogP contribution in [0.15, 0.2) is 76.7 Å². The van der Waals surface area contributed by atoms with Gasteiger partial charge in [-0.15, -0.1) is 0 Å². The Balaban J connectivity index is 1.71. The summed E-state index contributed by atoms with van der Waals surface area (Å²) in [4.78, 5) is 78.5. The molecule has 3 aromatic carbocycles. The quantitative estimate of drug-likeness (QED) is 0.0610. The molecule has 54 heavy (non-hydrogen) atoms. The predicted octanol–water partition coefficient (Wildman–Crippen LogP) is -1.15. The Hall–Kier alpha value is -6.39. The molecule has 1 aliphatic heterocycles. The number of aliphatic imine (C=N–C) groups is 2. The van der Waals surface area contributed by atoms with Gasteiger partial charge < -0.3 is 54.2 Å². The van der Waals surface area contributed by atoms with Crippen LogP contribution in [0.4, 0.5) is 0 Å². The molecule has 13 N–H and O–H groups in total. The minimum atomic E-state index is -1.18. The molecule has 3 aromatic rings. The van der Waals surface area contributed by atoms with Crippen LogP contribution in [0.1, 0.15) is 36.8 Å². The van der Waals surface area contributed by atoms with E-state index in [-0.39, 0.29) is 69.3 Å². The minimum absolute atomic E-state index is 0.0166. The number of aromatic hydroxyl groups is 1. The molecule has 4 atom stereocenters. The van der Waals surface area contributed by atoms with E-state index in [4.69, 9.17) is 22.9 Å². The largest absolute Gasteiger partial charge is 0.508 e. The summed E-state index contributed by atoms with van der Waals surface area (Å²) in [6, 6.07) is 14.9. The van der Waals surface area contributed by atoms with E-state index in [0.29, 0.717) is 5.56 Å². The summed E-state index contributed by atoms with van der Waals surface area (Å²) in [6.07, 6.45) is 0.804. The van der Waals surface area contributed by atoms with Gasteiger partial charge in [0.1, 0.15) is 29.9 Å². The molecule has 0 aromatic heterocycles. The van der Waals surface area contributed by atoms with Crippen LogP contribution in [0, 0.1) is 0 Å². The Kier molecular flexibility index (Phi) is 14.5. The van der Waals surface area contributed by atoms with Crippen LogP contribution in [0.2, 0.25) is 0 Å². The van der Waals surface area contributed by atoms with Crippen molar-refractivity contribution >= 4 is 52.2 Å². The highest BCUT2D eigenvalue weighted by molar-refractivity contribution is 5.97. The van der Waals surface area contributed by atoms with E-state index < -0.39 is 60.2 Å². The fourth-order valence-corrected chi connectivity index (χ4v) is 6.01. The number of nitrogens with two attached hydrogens (primary N) is 4. The number of phenolic OH excluding ortho intramolecular Hbond substituents is 1. The van der Waals surface area contributed by atoms with E-state index in [1.165, 1.54) is 24.1 Å². The summed E-state index contributed by atoms with van der Waals surface area (Å²) in [5.41, 5.74) is 23.3. The minimum Gasteiger partial charge on any atom is -0.508 e. The summed E-state index contributed by atoms with van der Waals surface area (Å²) in [5.74, 6) is -3.51. The van der Waals surface area contributed by atoms with Crippen molar-refractivity contribution in [1.29, 1.82) is 0 Å². The topological polar surface area (TPSA) is 286 Å². The van der Waals surface area contributed by atoms with Crippen LogP contribution in [-0.2, 0) is 36.8 Å². The fraction of sp³-hybridized carbons (Fsp3) is 0.378. The molecule has 1 aliphatic rings. The van der Waals surface area contributed by atoms with Gasteiger partial charge in [0.15, 0.2) is 11.9 Å². The number of hydrogen-bond donors (Lipinski definition) is 9. The lowest BCUT2D eigenvalue weighted by Crippen LogP contribution is -2.58. The lowest BCUT2D eigenvalue weighted by Gasteiger charge is -2.30. The van der Waals surface area contributed by atoms with Crippen molar-refractivity contribution in [3.63, 3.8) is 0 Å². The lowest BCUT2D eigenvalue weighted by atomic mass is 10.0. The van der Waals surface area contributed by atoms with Crippen molar-refractivity contribution < 1.29 is 29.1 Å². The number of nitrogens with zero attached hydrogens (tertiary/aromatic N) is 3. The lowest BCUT2D eigenvalue weighted by molar-refractivity contribution is -0.140. The maximum atomic E-state index is 14.0. The van der Waals surface area contributed by atoms with E-state index in [1.807, 2.05) is 42.5 Å². The average Bonchev–Trinajstić information content (AvgIpc) is 3.14. The molecule has 1 fully saturated rings. The van der Waals surface area contributed by atoms with Crippen molar-refractivity contribution in [2.45, 2.75) is 62.7 Å². The molecule has 4 rings (SSSR count). The first kappa shape index (κ1) is 40.4. The predicted molar refractivity (Wildman–Crippen MR) is 205 cm³/mol. The maximum Gasteiger partial charge on any atom is 0.243 e. The number of guanidine groups is 2. The highest BCUT2D eigenvalue weighted by Gasteiger charge is 2.34. The first-order valence-corrected chi connectivity index (χ1v) is 17.6. The standard InChI is InChI=1S/C37H49N11O6/c1-48-30(20-22-11-14-26(49)15-12-22)35(54)46-28(9-5-17-43-37(40)41)33(52)45-27(8-4-16-42-36(38)39)34(53)47-29(32(51)44-21-31(48)50)19-23-10-13-24-6-2-3-7-25(24)18-23/h2-3,6-7,10-15,18,27-30,49H,4-5,8-9,16-17,19-21H2,1H3,(H,44,51)(H,45,52)(H,46,54)(H,47,53)(H4,38,39,42)(H4,40,41,43)/t27-,28+,29-,30+/m0/s1. The molecule has 0 radical (unpaired) electrons. The average molecular weight is 744 g/mol. The summed E-state index contributed by atoms with van der Waals surface area (Å²) >= 11 is 0. The normalized spacial score (nSPS) is 20.1. The smallest absolute Gasteiger partial charge is 0.243 e.